The molecular formula is C8H13N3O2. The van der Waals surface area contributed by atoms with E-state index in [-0.39, 0.29) is 0 Å². The zero-order valence-electron chi connectivity index (χ0n) is 7.69. The van der Waals surface area contributed by atoms with Gasteiger partial charge in [-0.15, -0.1) is 0 Å². The first kappa shape index (κ1) is 9.57. The molecule has 0 saturated heterocycles. The molecule has 5 nitrogen and oxygen atoms in total. The Balaban J connectivity index is 2.39. The van der Waals surface area contributed by atoms with Crippen molar-refractivity contribution in [2.45, 2.75) is 6.92 Å². The second-order valence-electron chi connectivity index (χ2n) is 2.99. The highest BCUT2D eigenvalue weighted by atomic mass is 16.4. The number of hydrogen-bond acceptors (Lipinski definition) is 3. The molecule has 0 saturated carbocycles. The maximum absolute atomic E-state index is 10.5. The highest BCUT2D eigenvalue weighted by molar-refractivity contribution is 5.70. The van der Waals surface area contributed by atoms with Crippen LogP contribution >= 0.6 is 0 Å². The Bertz CT molecular complexity index is 295. The zero-order valence-corrected chi connectivity index (χ0v) is 7.69. The summed E-state index contributed by atoms with van der Waals surface area (Å²) in [4.78, 5) is 10.5. The molecule has 5 heteroatoms. The van der Waals surface area contributed by atoms with Crippen molar-refractivity contribution in [1.29, 1.82) is 0 Å². The standard InChI is InChI=1S/C8H13N3O2/c1-6(8(12)13)5-9-7-3-4-11(2)10-7/h3-4,6H,5H2,1-2H3,(H,9,10)(H,12,13). The van der Waals surface area contributed by atoms with Crippen LogP contribution in [0.4, 0.5) is 5.82 Å². The van der Waals surface area contributed by atoms with Gasteiger partial charge in [0.05, 0.1) is 5.92 Å². The largest absolute Gasteiger partial charge is 0.481 e. The lowest BCUT2D eigenvalue weighted by molar-refractivity contribution is -0.140. The van der Waals surface area contributed by atoms with E-state index in [1.165, 1.54) is 0 Å². The van der Waals surface area contributed by atoms with E-state index in [0.717, 1.165) is 0 Å². The predicted octanol–water partition coefficient (Wildman–Crippen LogP) is 0.553. The normalized spacial score (nSPS) is 12.5. The van der Waals surface area contributed by atoms with E-state index in [9.17, 15) is 4.79 Å². The van der Waals surface area contributed by atoms with Crippen LogP contribution in [0.5, 0.6) is 0 Å². The summed E-state index contributed by atoms with van der Waals surface area (Å²) in [5.41, 5.74) is 0. The summed E-state index contributed by atoms with van der Waals surface area (Å²) in [5, 5.41) is 15.6. The van der Waals surface area contributed by atoms with Crippen LogP contribution in [0.1, 0.15) is 6.92 Å². The Morgan fingerprint density at radius 3 is 3.00 bits per heavy atom. The number of nitrogens with one attached hydrogen (secondary N) is 1. The molecule has 0 fully saturated rings. The van der Waals surface area contributed by atoms with E-state index in [2.05, 4.69) is 10.4 Å². The fraction of sp³-hybridized carbons (Fsp3) is 0.500. The number of carboxylic acids is 1. The third kappa shape index (κ3) is 2.77. The van der Waals surface area contributed by atoms with Crippen LogP contribution in [0.15, 0.2) is 12.3 Å². The quantitative estimate of drug-likeness (QED) is 0.715. The van der Waals surface area contributed by atoms with Crippen molar-refractivity contribution in [3.63, 3.8) is 0 Å². The first-order valence-electron chi connectivity index (χ1n) is 4.06. The third-order valence-electron chi connectivity index (χ3n) is 1.72. The summed E-state index contributed by atoms with van der Waals surface area (Å²) in [6.07, 6.45) is 1.80. The minimum atomic E-state index is -0.802. The van der Waals surface area contributed by atoms with Crippen LogP contribution in [-0.2, 0) is 11.8 Å². The summed E-state index contributed by atoms with van der Waals surface area (Å²) < 4.78 is 1.66. The Morgan fingerprint density at radius 1 is 1.85 bits per heavy atom. The van der Waals surface area contributed by atoms with E-state index in [1.807, 2.05) is 7.05 Å². The van der Waals surface area contributed by atoms with Gasteiger partial charge in [-0.3, -0.25) is 9.48 Å². The molecule has 0 aromatic carbocycles. The van der Waals surface area contributed by atoms with Gasteiger partial charge in [0.1, 0.15) is 5.82 Å². The smallest absolute Gasteiger partial charge is 0.308 e. The van der Waals surface area contributed by atoms with E-state index in [0.29, 0.717) is 12.4 Å². The maximum atomic E-state index is 10.5. The SMILES string of the molecule is CC(CNc1ccn(C)n1)C(=O)O. The number of aliphatic carboxylic acids is 1. The average molecular weight is 183 g/mol. The highest BCUT2D eigenvalue weighted by Crippen LogP contribution is 2.02. The van der Waals surface area contributed by atoms with Gasteiger partial charge in [0.15, 0.2) is 0 Å². The zero-order chi connectivity index (χ0) is 9.84. The van der Waals surface area contributed by atoms with E-state index < -0.39 is 11.9 Å². The number of carboxylic acid groups (broad SMARTS) is 1. The average Bonchev–Trinajstić information content (AvgIpc) is 2.47. The highest BCUT2D eigenvalue weighted by Gasteiger charge is 2.10. The molecule has 0 aliphatic heterocycles. The molecular weight excluding hydrogens is 170 g/mol. The molecule has 1 rings (SSSR count). The van der Waals surface area contributed by atoms with Crippen LogP contribution in [0.3, 0.4) is 0 Å². The van der Waals surface area contributed by atoms with Gasteiger partial charge in [-0.1, -0.05) is 6.92 Å². The van der Waals surface area contributed by atoms with Gasteiger partial charge in [-0.05, 0) is 0 Å². The lowest BCUT2D eigenvalue weighted by Gasteiger charge is -2.06. The van der Waals surface area contributed by atoms with Gasteiger partial charge in [0, 0.05) is 25.9 Å². The van der Waals surface area contributed by atoms with Gasteiger partial charge in [0.2, 0.25) is 0 Å². The first-order valence-corrected chi connectivity index (χ1v) is 4.06. The molecule has 2 N–H and O–H groups in total. The van der Waals surface area contributed by atoms with Crippen LogP contribution in [0.2, 0.25) is 0 Å². The van der Waals surface area contributed by atoms with E-state index in [4.69, 9.17) is 5.11 Å². The molecule has 1 aromatic rings. The first-order chi connectivity index (χ1) is 6.09. The summed E-state index contributed by atoms with van der Waals surface area (Å²) >= 11 is 0. The molecule has 1 atom stereocenters. The molecule has 0 aliphatic rings. The second-order valence-corrected chi connectivity index (χ2v) is 2.99. The Kier molecular flexibility index (Phi) is 2.89. The fourth-order valence-corrected chi connectivity index (χ4v) is 0.854. The summed E-state index contributed by atoms with van der Waals surface area (Å²) in [6, 6.07) is 1.80. The molecule has 72 valence electrons. The third-order valence-corrected chi connectivity index (χ3v) is 1.72. The monoisotopic (exact) mass is 183 g/mol. The molecule has 1 unspecified atom stereocenters. The van der Waals surface area contributed by atoms with Crippen LogP contribution in [0.25, 0.3) is 0 Å². The maximum Gasteiger partial charge on any atom is 0.308 e. The summed E-state index contributed by atoms with van der Waals surface area (Å²) in [6.45, 7) is 2.05. The van der Waals surface area contributed by atoms with Gasteiger partial charge in [-0.25, -0.2) is 0 Å². The minimum absolute atomic E-state index is 0.395. The van der Waals surface area contributed by atoms with E-state index in [1.54, 1.807) is 23.9 Å². The topological polar surface area (TPSA) is 67.2 Å². The van der Waals surface area contributed by atoms with Crippen molar-refractivity contribution >= 4 is 11.8 Å². The predicted molar refractivity (Wildman–Crippen MR) is 48.5 cm³/mol. The van der Waals surface area contributed by atoms with Crippen molar-refractivity contribution in [2.75, 3.05) is 11.9 Å². The van der Waals surface area contributed by atoms with Gasteiger partial charge >= 0.3 is 5.97 Å². The Labute approximate surface area is 76.4 Å². The minimum Gasteiger partial charge on any atom is -0.481 e. The lowest BCUT2D eigenvalue weighted by Crippen LogP contribution is -2.19. The van der Waals surface area contributed by atoms with Crippen molar-refractivity contribution in [3.8, 4) is 0 Å². The molecule has 0 radical (unpaired) electrons. The van der Waals surface area contributed by atoms with Gasteiger partial charge in [-0.2, -0.15) is 5.10 Å². The molecule has 0 spiro atoms. The number of carbonyl (C=O) groups is 1. The van der Waals surface area contributed by atoms with Gasteiger partial charge < -0.3 is 10.4 Å². The van der Waals surface area contributed by atoms with Crippen LogP contribution in [-0.4, -0.2) is 27.4 Å². The van der Waals surface area contributed by atoms with Crippen LogP contribution in [0, 0.1) is 5.92 Å². The number of aryl methyl sites for hydroxylation is 1. The molecule has 13 heavy (non-hydrogen) atoms. The molecule has 0 bridgehead atoms. The molecule has 1 aromatic heterocycles. The van der Waals surface area contributed by atoms with E-state index >= 15 is 0 Å². The van der Waals surface area contributed by atoms with Gasteiger partial charge in [0.25, 0.3) is 0 Å². The number of anilines is 1. The van der Waals surface area contributed by atoms with Crippen LogP contribution < -0.4 is 5.32 Å². The van der Waals surface area contributed by atoms with Crippen molar-refractivity contribution in [3.05, 3.63) is 12.3 Å². The number of nitrogens with zero attached hydrogens (tertiary/aromatic N) is 2. The molecule has 0 amide bonds. The molecule has 0 aliphatic carbocycles. The van der Waals surface area contributed by atoms with Crippen molar-refractivity contribution < 1.29 is 9.90 Å². The number of aromatic nitrogens is 2. The number of hydrogen-bond donors (Lipinski definition) is 2. The second kappa shape index (κ2) is 3.93. The molecule has 1 heterocycles. The summed E-state index contributed by atoms with van der Waals surface area (Å²) in [7, 11) is 1.81. The lowest BCUT2D eigenvalue weighted by atomic mass is 10.2. The Morgan fingerprint density at radius 2 is 2.54 bits per heavy atom. The van der Waals surface area contributed by atoms with Crippen molar-refractivity contribution in [1.82, 2.24) is 9.78 Å². The Hall–Kier alpha value is -1.52. The fourth-order valence-electron chi connectivity index (χ4n) is 0.854. The number of rotatable bonds is 4. The van der Waals surface area contributed by atoms with Crippen molar-refractivity contribution in [2.24, 2.45) is 13.0 Å². The summed E-state index contributed by atoms with van der Waals surface area (Å²) in [5.74, 6) is -0.499.